The lowest BCUT2D eigenvalue weighted by molar-refractivity contribution is -0.0115. The number of carbonyl (C=O) groups excluding carboxylic acids is 2. The third-order valence-electron chi connectivity index (χ3n) is 8.49. The lowest BCUT2D eigenvalue weighted by Gasteiger charge is -2.35. The van der Waals surface area contributed by atoms with E-state index in [4.69, 9.17) is 25.6 Å². The number of aromatic nitrogens is 1. The Morgan fingerprint density at radius 3 is 2.53 bits per heavy atom. The molecule has 3 amide bonds. The number of halogens is 1. The van der Waals surface area contributed by atoms with E-state index in [-0.39, 0.29) is 53.9 Å². The topological polar surface area (TPSA) is 164 Å². The smallest absolute Gasteiger partial charge is 0.321 e. The van der Waals surface area contributed by atoms with Crippen molar-refractivity contribution >= 4 is 44.9 Å². The highest BCUT2D eigenvalue weighted by molar-refractivity contribution is 7.92. The molecule has 3 N–H and O–H groups in total. The van der Waals surface area contributed by atoms with Crippen LogP contribution in [-0.4, -0.2) is 92.0 Å². The van der Waals surface area contributed by atoms with E-state index in [1.807, 2.05) is 13.8 Å². The Balaban J connectivity index is 1.63. The van der Waals surface area contributed by atoms with Crippen LogP contribution in [0.25, 0.3) is 0 Å². The van der Waals surface area contributed by atoms with Crippen LogP contribution in [0.1, 0.15) is 61.8 Å². The quantitative estimate of drug-likeness (QED) is 0.265. The molecule has 4 rings (SSSR count). The van der Waals surface area contributed by atoms with Crippen molar-refractivity contribution in [1.82, 2.24) is 15.0 Å². The highest BCUT2D eigenvalue weighted by atomic mass is 35.5. The molecule has 0 fully saturated rings. The Hall–Kier alpha value is -3.85. The number of urea groups is 1. The fourth-order valence-corrected chi connectivity index (χ4v) is 6.67. The van der Waals surface area contributed by atoms with Crippen molar-refractivity contribution in [3.05, 3.63) is 64.5 Å². The van der Waals surface area contributed by atoms with Gasteiger partial charge in [0.25, 0.3) is 15.9 Å². The van der Waals surface area contributed by atoms with E-state index in [9.17, 15) is 23.1 Å². The van der Waals surface area contributed by atoms with Crippen LogP contribution in [0.4, 0.5) is 16.2 Å². The van der Waals surface area contributed by atoms with Crippen molar-refractivity contribution in [2.24, 2.45) is 5.92 Å². The van der Waals surface area contributed by atoms with Gasteiger partial charge in [-0.3, -0.25) is 9.52 Å². The first-order valence-electron chi connectivity index (χ1n) is 16.3. The molecule has 1 aromatic heterocycles. The number of benzene rings is 2. The number of hydrogen-bond donors (Lipinski definition) is 3. The second kappa shape index (κ2) is 16.7. The van der Waals surface area contributed by atoms with Crippen molar-refractivity contribution in [3.8, 4) is 5.75 Å². The van der Waals surface area contributed by atoms with Gasteiger partial charge >= 0.3 is 6.03 Å². The van der Waals surface area contributed by atoms with Gasteiger partial charge in [-0.2, -0.15) is 0 Å². The third kappa shape index (κ3) is 9.87. The molecule has 0 unspecified atom stereocenters. The zero-order valence-corrected chi connectivity index (χ0v) is 30.3. The predicted octanol–water partition coefficient (Wildman–Crippen LogP) is 5.71. The minimum atomic E-state index is -4.00. The summed E-state index contributed by atoms with van der Waals surface area (Å²) < 4.78 is 46.7. The number of aliphatic hydroxyl groups is 1. The van der Waals surface area contributed by atoms with Crippen molar-refractivity contribution in [1.29, 1.82) is 0 Å². The van der Waals surface area contributed by atoms with Gasteiger partial charge in [0.1, 0.15) is 17.1 Å². The number of nitrogens with zero attached hydrogens (tertiary/aromatic N) is 3. The first-order valence-corrected chi connectivity index (χ1v) is 18.1. The molecule has 2 heterocycles. The fourth-order valence-electron chi connectivity index (χ4n) is 5.49. The Morgan fingerprint density at radius 2 is 1.88 bits per heavy atom. The number of rotatable bonds is 8. The average Bonchev–Trinajstić information content (AvgIpc) is 3.38. The zero-order valence-electron chi connectivity index (χ0n) is 28.7. The average molecular weight is 720 g/mol. The van der Waals surface area contributed by atoms with Crippen LogP contribution >= 0.6 is 11.6 Å². The van der Waals surface area contributed by atoms with Crippen LogP contribution in [0.3, 0.4) is 0 Å². The zero-order chi connectivity index (χ0) is 35.9. The number of likely N-dealkylation sites (N-methyl/N-ethyl adjacent to an activating group) is 1. The van der Waals surface area contributed by atoms with Gasteiger partial charge in [0.15, 0.2) is 5.76 Å². The Labute approximate surface area is 292 Å². The molecule has 3 aromatic rings. The van der Waals surface area contributed by atoms with Crippen molar-refractivity contribution in [2.75, 3.05) is 43.4 Å². The number of aryl methyl sites for hydroxylation is 2. The van der Waals surface area contributed by atoms with Crippen LogP contribution < -0.4 is 14.8 Å². The number of sulfonamides is 1. The normalized spacial score (nSPS) is 20.0. The van der Waals surface area contributed by atoms with E-state index in [1.165, 1.54) is 40.1 Å². The lowest BCUT2D eigenvalue weighted by atomic mass is 10.0. The largest absolute Gasteiger partial charge is 0.490 e. The molecule has 0 saturated heterocycles. The van der Waals surface area contributed by atoms with Crippen LogP contribution in [0.15, 0.2) is 51.9 Å². The molecule has 13 nitrogen and oxygen atoms in total. The molecule has 49 heavy (non-hydrogen) atoms. The van der Waals surface area contributed by atoms with E-state index in [1.54, 1.807) is 40.0 Å². The number of anilines is 2. The molecule has 268 valence electrons. The molecular formula is C34H46ClN5O8S. The first kappa shape index (κ1) is 38.0. The Bertz CT molecular complexity index is 1680. The fraction of sp³-hybridized carbons (Fsp3) is 0.500. The number of aliphatic hydroxyl groups excluding tert-OH is 1. The third-order valence-corrected chi connectivity index (χ3v) is 10.1. The van der Waals surface area contributed by atoms with E-state index in [0.29, 0.717) is 40.9 Å². The maximum atomic E-state index is 14.4. The van der Waals surface area contributed by atoms with Crippen molar-refractivity contribution in [2.45, 2.75) is 77.0 Å². The minimum Gasteiger partial charge on any atom is -0.490 e. The molecule has 0 radical (unpaired) electrons. The van der Waals surface area contributed by atoms with Gasteiger partial charge in [-0.15, -0.1) is 0 Å². The van der Waals surface area contributed by atoms with Crippen LogP contribution in [0.5, 0.6) is 5.75 Å². The summed E-state index contributed by atoms with van der Waals surface area (Å²) in [6.07, 6.45) is 1.50. The summed E-state index contributed by atoms with van der Waals surface area (Å²) in [5.41, 5.74) is 1.38. The second-order valence-corrected chi connectivity index (χ2v) is 14.7. The molecule has 15 heteroatoms. The molecular weight excluding hydrogens is 674 g/mol. The number of nitrogens with one attached hydrogen (secondary N) is 2. The van der Waals surface area contributed by atoms with Gasteiger partial charge in [-0.1, -0.05) is 23.7 Å². The molecule has 2 aromatic carbocycles. The summed E-state index contributed by atoms with van der Waals surface area (Å²) >= 11 is 5.95. The van der Waals surface area contributed by atoms with Gasteiger partial charge in [0.2, 0.25) is 0 Å². The monoisotopic (exact) mass is 719 g/mol. The van der Waals surface area contributed by atoms with Crippen molar-refractivity contribution in [3.63, 3.8) is 0 Å². The molecule has 0 aliphatic carbocycles. The van der Waals surface area contributed by atoms with Crippen LogP contribution in [0.2, 0.25) is 5.02 Å². The van der Waals surface area contributed by atoms with Crippen LogP contribution in [0, 0.1) is 19.8 Å². The number of amides is 3. The maximum Gasteiger partial charge on any atom is 0.321 e. The molecule has 0 spiro atoms. The molecule has 0 bridgehead atoms. The highest BCUT2D eigenvalue weighted by Gasteiger charge is 2.31. The number of ether oxygens (including phenoxy) is 2. The first-order chi connectivity index (χ1) is 23.2. The number of hydrogen-bond acceptors (Lipinski definition) is 9. The van der Waals surface area contributed by atoms with Gasteiger partial charge in [-0.05, 0) is 89.4 Å². The Morgan fingerprint density at radius 1 is 1.16 bits per heavy atom. The van der Waals surface area contributed by atoms with Crippen LogP contribution in [-0.2, 0) is 14.8 Å². The molecule has 0 saturated carbocycles. The minimum absolute atomic E-state index is 0.00827. The summed E-state index contributed by atoms with van der Waals surface area (Å²) in [7, 11) is -2.34. The van der Waals surface area contributed by atoms with Gasteiger partial charge in [0, 0.05) is 43.4 Å². The predicted molar refractivity (Wildman–Crippen MR) is 187 cm³/mol. The van der Waals surface area contributed by atoms with Gasteiger partial charge in [-0.25, -0.2) is 13.2 Å². The van der Waals surface area contributed by atoms with E-state index >= 15 is 0 Å². The summed E-state index contributed by atoms with van der Waals surface area (Å²) in [6.45, 7) is 9.53. The second-order valence-electron chi connectivity index (χ2n) is 12.6. The summed E-state index contributed by atoms with van der Waals surface area (Å²) in [6, 6.07) is 9.35. The summed E-state index contributed by atoms with van der Waals surface area (Å²) in [4.78, 5) is 30.6. The molecule has 1 aliphatic rings. The molecule has 1 aliphatic heterocycles. The highest BCUT2D eigenvalue weighted by Crippen LogP contribution is 2.30. The molecule has 4 atom stereocenters. The number of carbonyl (C=O) groups is 2. The van der Waals surface area contributed by atoms with Gasteiger partial charge < -0.3 is 34.2 Å². The maximum absolute atomic E-state index is 14.4. The SMILES string of the molecule is Cc1noc(C)c1NC(=O)N(C)C[C@@H]1OCCCC[C@H](C)Oc2ccc(NS(=O)(=O)c3ccc(Cl)cc3)cc2C(=O)N([C@@H](C)CO)C[C@@H]1C. The van der Waals surface area contributed by atoms with Gasteiger partial charge in [0.05, 0.1) is 35.3 Å². The summed E-state index contributed by atoms with van der Waals surface area (Å²) in [5, 5.41) is 17.4. The number of fused-ring (bicyclic) bond motifs is 1. The lowest BCUT2D eigenvalue weighted by Crippen LogP contribution is -2.48. The van der Waals surface area contributed by atoms with E-state index < -0.39 is 28.1 Å². The van der Waals surface area contributed by atoms with E-state index in [0.717, 1.165) is 12.8 Å². The van der Waals surface area contributed by atoms with E-state index in [2.05, 4.69) is 15.2 Å². The Kier molecular flexibility index (Phi) is 12.9. The standard InChI is InChI=1S/C34H46ClN5O8S/c1-21-18-40(22(2)20-41)33(42)29-17-27(38-49(44,45)28-13-10-26(35)11-14-28)12-15-30(29)47-23(3)9-7-8-16-46-31(21)19-39(6)34(43)36-32-24(4)37-48-25(32)5/h10-15,17,21-23,31,38,41H,7-9,16,18-20H2,1-6H3,(H,36,43)/t21-,22-,23-,31-/m0/s1. The summed E-state index contributed by atoms with van der Waals surface area (Å²) in [5.74, 6) is 0.0530. The van der Waals surface area contributed by atoms with Crippen molar-refractivity contribution < 1.29 is 37.1 Å².